The van der Waals surface area contributed by atoms with Crippen molar-refractivity contribution >= 4 is 21.4 Å². The third-order valence-corrected chi connectivity index (χ3v) is 3.98. The van der Waals surface area contributed by atoms with E-state index in [0.29, 0.717) is 10.6 Å². The lowest BCUT2D eigenvalue weighted by Crippen LogP contribution is -2.09. The molecule has 0 aliphatic heterocycles. The van der Waals surface area contributed by atoms with Crippen LogP contribution in [-0.4, -0.2) is 20.1 Å². The zero-order valence-corrected chi connectivity index (χ0v) is 10.4. The minimum Gasteiger partial charge on any atom is -0.326 e. The minimum atomic E-state index is -3.18. The number of carbonyl (C=O) groups is 1. The van der Waals surface area contributed by atoms with Gasteiger partial charge in [-0.3, -0.25) is 4.79 Å². The summed E-state index contributed by atoms with van der Waals surface area (Å²) in [4.78, 5) is 11.2. The second-order valence-corrected chi connectivity index (χ2v) is 5.84. The highest BCUT2D eigenvalue weighted by molar-refractivity contribution is 7.91. The monoisotopic (exact) mass is 241 g/mol. The van der Waals surface area contributed by atoms with Crippen LogP contribution in [0, 0.1) is 6.92 Å². The van der Waals surface area contributed by atoms with Gasteiger partial charge >= 0.3 is 0 Å². The highest BCUT2D eigenvalue weighted by Gasteiger charge is 2.12. The number of rotatable bonds is 3. The van der Waals surface area contributed by atoms with Gasteiger partial charge in [0, 0.05) is 12.6 Å². The van der Waals surface area contributed by atoms with Crippen LogP contribution in [0.25, 0.3) is 0 Å². The van der Waals surface area contributed by atoms with E-state index in [2.05, 4.69) is 5.32 Å². The molecule has 1 aromatic rings. The Balaban J connectivity index is 3.14. The van der Waals surface area contributed by atoms with Crippen LogP contribution in [0.15, 0.2) is 23.1 Å². The zero-order valence-electron chi connectivity index (χ0n) is 9.57. The van der Waals surface area contributed by atoms with Crippen LogP contribution >= 0.6 is 0 Å². The van der Waals surface area contributed by atoms with Crippen molar-refractivity contribution in [1.82, 2.24) is 0 Å². The maximum absolute atomic E-state index is 11.6. The average molecular weight is 241 g/mol. The van der Waals surface area contributed by atoms with E-state index < -0.39 is 9.84 Å². The first-order chi connectivity index (χ1) is 7.36. The topological polar surface area (TPSA) is 63.2 Å². The van der Waals surface area contributed by atoms with Gasteiger partial charge in [0.25, 0.3) is 0 Å². The van der Waals surface area contributed by atoms with Gasteiger partial charge in [0.2, 0.25) is 5.91 Å². The SMILES string of the molecule is CCS(=O)(=O)c1ccc(NC(C)=O)c(C)c1. The van der Waals surface area contributed by atoms with Crippen LogP contribution in [0.5, 0.6) is 0 Å². The van der Waals surface area contributed by atoms with E-state index >= 15 is 0 Å². The molecule has 0 aliphatic carbocycles. The van der Waals surface area contributed by atoms with E-state index in [1.165, 1.54) is 13.0 Å². The number of hydrogen-bond donors (Lipinski definition) is 1. The molecular weight excluding hydrogens is 226 g/mol. The van der Waals surface area contributed by atoms with Gasteiger partial charge in [0.15, 0.2) is 9.84 Å². The molecular formula is C11H15NO3S. The van der Waals surface area contributed by atoms with Crippen molar-refractivity contribution in [1.29, 1.82) is 0 Å². The van der Waals surface area contributed by atoms with E-state index in [-0.39, 0.29) is 11.7 Å². The molecule has 0 spiro atoms. The van der Waals surface area contributed by atoms with E-state index in [1.54, 1.807) is 26.0 Å². The van der Waals surface area contributed by atoms with E-state index in [9.17, 15) is 13.2 Å². The third-order valence-electron chi connectivity index (χ3n) is 2.25. The lowest BCUT2D eigenvalue weighted by atomic mass is 10.2. The van der Waals surface area contributed by atoms with Crippen LogP contribution in [0.3, 0.4) is 0 Å². The summed E-state index contributed by atoms with van der Waals surface area (Å²) in [6.07, 6.45) is 0. The Hall–Kier alpha value is -1.36. The fraction of sp³-hybridized carbons (Fsp3) is 0.364. The van der Waals surface area contributed by atoms with Crippen LogP contribution in [0.2, 0.25) is 0 Å². The summed E-state index contributed by atoms with van der Waals surface area (Å²) < 4.78 is 23.2. The molecule has 0 bridgehead atoms. The molecule has 0 aromatic heterocycles. The summed E-state index contributed by atoms with van der Waals surface area (Å²) >= 11 is 0. The van der Waals surface area contributed by atoms with Gasteiger partial charge in [0.05, 0.1) is 10.6 Å². The van der Waals surface area contributed by atoms with Gasteiger partial charge in [-0.2, -0.15) is 0 Å². The van der Waals surface area contributed by atoms with Crippen molar-refractivity contribution in [2.45, 2.75) is 25.7 Å². The van der Waals surface area contributed by atoms with Crippen LogP contribution in [-0.2, 0) is 14.6 Å². The standard InChI is InChI=1S/C11H15NO3S/c1-4-16(14,15)10-5-6-11(8(2)7-10)12-9(3)13/h5-7H,4H2,1-3H3,(H,12,13). The van der Waals surface area contributed by atoms with Gasteiger partial charge in [-0.05, 0) is 30.7 Å². The molecule has 0 unspecified atom stereocenters. The molecule has 0 fully saturated rings. The number of aryl methyl sites for hydroxylation is 1. The Morgan fingerprint density at radius 1 is 1.38 bits per heavy atom. The normalized spacial score (nSPS) is 11.2. The summed E-state index contributed by atoms with van der Waals surface area (Å²) in [5.74, 6) is -0.0967. The second-order valence-electron chi connectivity index (χ2n) is 3.56. The number of amides is 1. The Kier molecular flexibility index (Phi) is 3.70. The molecule has 5 heteroatoms. The van der Waals surface area contributed by atoms with Crippen molar-refractivity contribution in [2.75, 3.05) is 11.1 Å². The smallest absolute Gasteiger partial charge is 0.221 e. The Labute approximate surface area is 95.6 Å². The van der Waals surface area contributed by atoms with Crippen molar-refractivity contribution in [3.8, 4) is 0 Å². The second kappa shape index (κ2) is 4.65. The fourth-order valence-corrected chi connectivity index (χ4v) is 2.29. The summed E-state index contributed by atoms with van der Waals surface area (Å²) in [6.45, 7) is 4.78. The van der Waals surface area contributed by atoms with E-state index in [0.717, 1.165) is 5.56 Å². The van der Waals surface area contributed by atoms with Crippen LogP contribution in [0.4, 0.5) is 5.69 Å². The maximum atomic E-state index is 11.6. The number of anilines is 1. The van der Waals surface area contributed by atoms with Crippen LogP contribution < -0.4 is 5.32 Å². The number of hydrogen-bond acceptors (Lipinski definition) is 3. The summed E-state index contributed by atoms with van der Waals surface area (Å²) in [5.41, 5.74) is 1.38. The Morgan fingerprint density at radius 3 is 2.44 bits per heavy atom. The molecule has 88 valence electrons. The molecule has 1 amide bonds. The molecule has 0 aliphatic rings. The van der Waals surface area contributed by atoms with Gasteiger partial charge < -0.3 is 5.32 Å². The number of nitrogens with one attached hydrogen (secondary N) is 1. The van der Waals surface area contributed by atoms with E-state index in [1.807, 2.05) is 0 Å². The van der Waals surface area contributed by atoms with Gasteiger partial charge in [-0.15, -0.1) is 0 Å². The average Bonchev–Trinajstić information content (AvgIpc) is 2.20. The molecule has 4 nitrogen and oxygen atoms in total. The Morgan fingerprint density at radius 2 is 2.00 bits per heavy atom. The first-order valence-electron chi connectivity index (χ1n) is 4.98. The molecule has 0 radical (unpaired) electrons. The third kappa shape index (κ3) is 2.82. The quantitative estimate of drug-likeness (QED) is 0.876. The molecule has 16 heavy (non-hydrogen) atoms. The lowest BCUT2D eigenvalue weighted by molar-refractivity contribution is -0.114. The molecule has 1 N–H and O–H groups in total. The molecule has 0 atom stereocenters. The summed E-state index contributed by atoms with van der Waals surface area (Å²) in [6, 6.07) is 4.69. The highest BCUT2D eigenvalue weighted by atomic mass is 32.2. The van der Waals surface area contributed by atoms with Crippen molar-refractivity contribution in [2.24, 2.45) is 0 Å². The van der Waals surface area contributed by atoms with Gasteiger partial charge in [0.1, 0.15) is 0 Å². The minimum absolute atomic E-state index is 0.0753. The van der Waals surface area contributed by atoms with Gasteiger partial charge in [-0.25, -0.2) is 8.42 Å². The largest absolute Gasteiger partial charge is 0.326 e. The predicted octanol–water partition coefficient (Wildman–Crippen LogP) is 1.75. The first-order valence-corrected chi connectivity index (χ1v) is 6.63. The summed E-state index contributed by atoms with van der Waals surface area (Å²) in [7, 11) is -3.18. The summed E-state index contributed by atoms with van der Waals surface area (Å²) in [5, 5.41) is 2.64. The van der Waals surface area contributed by atoms with Crippen molar-refractivity contribution in [3.05, 3.63) is 23.8 Å². The molecule has 1 rings (SSSR count). The zero-order chi connectivity index (χ0) is 12.3. The number of benzene rings is 1. The molecule has 0 saturated carbocycles. The molecule has 0 heterocycles. The maximum Gasteiger partial charge on any atom is 0.221 e. The highest BCUT2D eigenvalue weighted by Crippen LogP contribution is 2.20. The lowest BCUT2D eigenvalue weighted by Gasteiger charge is -2.08. The fourth-order valence-electron chi connectivity index (χ4n) is 1.33. The van der Waals surface area contributed by atoms with E-state index in [4.69, 9.17) is 0 Å². The van der Waals surface area contributed by atoms with Crippen molar-refractivity contribution < 1.29 is 13.2 Å². The van der Waals surface area contributed by atoms with Crippen LogP contribution in [0.1, 0.15) is 19.4 Å². The molecule has 0 saturated heterocycles. The Bertz CT molecular complexity index is 506. The molecule has 1 aromatic carbocycles. The predicted molar refractivity (Wildman–Crippen MR) is 63.2 cm³/mol. The van der Waals surface area contributed by atoms with Gasteiger partial charge in [-0.1, -0.05) is 6.92 Å². The number of carbonyl (C=O) groups excluding carboxylic acids is 1. The van der Waals surface area contributed by atoms with Crippen molar-refractivity contribution in [3.63, 3.8) is 0 Å². The first kappa shape index (κ1) is 12.7. The number of sulfone groups is 1.